The average molecular weight is 457 g/mol. The number of nitrogens with zero attached hydrogens (tertiary/aromatic N) is 2. The number of benzene rings is 1. The number of methoxy groups -OCH3 is 1. The molecule has 12 heteroatoms. The molecule has 3 rings (SSSR count). The third-order valence-corrected chi connectivity index (χ3v) is 4.66. The Morgan fingerprint density at radius 2 is 2.09 bits per heavy atom. The number of hydrogen-bond acceptors (Lipinski definition) is 5. The highest BCUT2D eigenvalue weighted by molar-refractivity contribution is 5.92. The Hall–Kier alpha value is -3.28. The van der Waals surface area contributed by atoms with E-state index in [1.807, 2.05) is 6.21 Å². The summed E-state index contributed by atoms with van der Waals surface area (Å²) in [6, 6.07) is 2.89. The quantitative estimate of drug-likeness (QED) is 0.493. The minimum Gasteiger partial charge on any atom is -0.403 e. The van der Waals surface area contributed by atoms with Gasteiger partial charge in [-0.25, -0.2) is 13.9 Å². The largest absolute Gasteiger partial charge is 0.573 e. The molecule has 0 fully saturated rings. The number of halogens is 4. The predicted molar refractivity (Wildman–Crippen MR) is 105 cm³/mol. The summed E-state index contributed by atoms with van der Waals surface area (Å²) in [5.74, 6) is -2.76. The molecule has 2 heterocycles. The highest BCUT2D eigenvalue weighted by Crippen LogP contribution is 2.28. The van der Waals surface area contributed by atoms with Crippen molar-refractivity contribution in [2.75, 3.05) is 20.3 Å². The molecular formula is C20H21F4N4O4+. The summed E-state index contributed by atoms with van der Waals surface area (Å²) in [6.45, 7) is 0.534. The minimum absolute atomic E-state index is 0.111. The van der Waals surface area contributed by atoms with E-state index in [-0.39, 0.29) is 23.8 Å². The van der Waals surface area contributed by atoms with Crippen LogP contribution in [0.15, 0.2) is 29.1 Å². The van der Waals surface area contributed by atoms with E-state index in [1.165, 1.54) is 13.2 Å². The molecule has 2 N–H and O–H groups in total. The van der Waals surface area contributed by atoms with Gasteiger partial charge in [0, 0.05) is 13.3 Å². The van der Waals surface area contributed by atoms with Gasteiger partial charge >= 0.3 is 17.9 Å². The van der Waals surface area contributed by atoms with Crippen LogP contribution in [-0.2, 0) is 4.74 Å². The summed E-state index contributed by atoms with van der Waals surface area (Å²) in [7, 11) is 1.34. The molecule has 172 valence electrons. The molecule has 0 aliphatic carbocycles. The van der Waals surface area contributed by atoms with Gasteiger partial charge in [0.2, 0.25) is 5.69 Å². The summed E-state index contributed by atoms with van der Waals surface area (Å²) in [6.07, 6.45) is -0.423. The topological polar surface area (TPSA) is 96.3 Å². The summed E-state index contributed by atoms with van der Waals surface area (Å²) in [4.78, 5) is 31.6. The van der Waals surface area contributed by atoms with E-state index >= 15 is 0 Å². The first-order valence-electron chi connectivity index (χ1n) is 9.72. The third kappa shape index (κ3) is 6.13. The number of carbonyl (C=O) groups excluding carboxylic acids is 1. The molecule has 0 saturated carbocycles. The number of rotatable bonds is 7. The number of carbonyl (C=O) groups is 1. The van der Waals surface area contributed by atoms with E-state index in [9.17, 15) is 27.2 Å². The zero-order valence-electron chi connectivity index (χ0n) is 17.0. The molecule has 1 aliphatic heterocycles. The Balaban J connectivity index is 1.83. The van der Waals surface area contributed by atoms with Crippen molar-refractivity contribution in [2.45, 2.75) is 31.7 Å². The summed E-state index contributed by atoms with van der Waals surface area (Å²) >= 11 is 0. The summed E-state index contributed by atoms with van der Waals surface area (Å²) in [5, 5.41) is 2.57. The standard InChI is InChI=1S/C20H20F4N4O4/c1-31-11-15(12-5-6-16(13(21)9-12)32-20(22,23)24)25-18(30)14-10-17(29)27-19(26-14)28-7-3-2-4-8-28/h5-7,9-10,15H,2-4,8,11H2,1H3,(H-,25,26,27,29,30)/p+1/t15-/m1/s1. The summed E-state index contributed by atoms with van der Waals surface area (Å²) in [5.41, 5.74) is -0.551. The molecule has 0 unspecified atom stereocenters. The molecule has 32 heavy (non-hydrogen) atoms. The molecular weight excluding hydrogens is 436 g/mol. The predicted octanol–water partition coefficient (Wildman–Crippen LogP) is 2.82. The van der Waals surface area contributed by atoms with Crippen molar-refractivity contribution in [3.8, 4) is 5.75 Å². The van der Waals surface area contributed by atoms with Gasteiger partial charge < -0.3 is 14.8 Å². The Morgan fingerprint density at radius 1 is 1.31 bits per heavy atom. The molecule has 1 atom stereocenters. The fourth-order valence-corrected chi connectivity index (χ4v) is 3.22. The summed E-state index contributed by atoms with van der Waals surface area (Å²) < 4.78 is 61.6. The lowest BCUT2D eigenvalue weighted by Gasteiger charge is -2.19. The maximum Gasteiger partial charge on any atom is 0.573 e. The molecule has 1 aliphatic rings. The van der Waals surface area contributed by atoms with Gasteiger partial charge in [-0.05, 0) is 37.0 Å². The first kappa shape index (κ1) is 23.4. The number of nitrogens with one attached hydrogen (secondary N) is 2. The number of aromatic nitrogens is 2. The molecule has 2 aromatic rings. The van der Waals surface area contributed by atoms with Gasteiger partial charge in [0.15, 0.2) is 11.6 Å². The first-order chi connectivity index (χ1) is 15.2. The van der Waals surface area contributed by atoms with Crippen molar-refractivity contribution in [2.24, 2.45) is 0 Å². The van der Waals surface area contributed by atoms with Crippen LogP contribution < -0.4 is 15.6 Å². The van der Waals surface area contributed by atoms with Crippen LogP contribution >= 0.6 is 0 Å². The Morgan fingerprint density at radius 3 is 2.72 bits per heavy atom. The van der Waals surface area contributed by atoms with Crippen molar-refractivity contribution in [3.05, 3.63) is 51.7 Å². The van der Waals surface area contributed by atoms with Gasteiger partial charge in [0.1, 0.15) is 0 Å². The van der Waals surface area contributed by atoms with Crippen molar-refractivity contribution in [1.29, 1.82) is 0 Å². The van der Waals surface area contributed by atoms with Crippen LogP contribution in [0.3, 0.4) is 0 Å². The number of hydrogen-bond donors (Lipinski definition) is 2. The Kier molecular flexibility index (Phi) is 7.23. The van der Waals surface area contributed by atoms with Crippen LogP contribution in [0.2, 0.25) is 0 Å². The molecule has 0 saturated heterocycles. The zero-order valence-corrected chi connectivity index (χ0v) is 17.0. The van der Waals surface area contributed by atoms with Crippen LogP contribution in [0.4, 0.5) is 23.5 Å². The van der Waals surface area contributed by atoms with Gasteiger partial charge in [-0.3, -0.25) is 9.59 Å². The number of amides is 1. The lowest BCUT2D eigenvalue weighted by atomic mass is 10.1. The second kappa shape index (κ2) is 9.90. The third-order valence-electron chi connectivity index (χ3n) is 4.66. The van der Waals surface area contributed by atoms with Crippen LogP contribution in [0.5, 0.6) is 5.75 Å². The first-order valence-corrected chi connectivity index (χ1v) is 9.72. The maximum atomic E-state index is 14.1. The van der Waals surface area contributed by atoms with Gasteiger partial charge in [0.05, 0.1) is 25.3 Å². The van der Waals surface area contributed by atoms with E-state index in [4.69, 9.17) is 4.74 Å². The lowest BCUT2D eigenvalue weighted by molar-refractivity contribution is -0.450. The number of alkyl halides is 3. The second-order valence-corrected chi connectivity index (χ2v) is 7.05. The van der Waals surface area contributed by atoms with Crippen LogP contribution in [0.1, 0.15) is 41.4 Å². The van der Waals surface area contributed by atoms with Gasteiger partial charge in [-0.15, -0.1) is 13.2 Å². The zero-order chi connectivity index (χ0) is 23.3. The second-order valence-electron chi connectivity index (χ2n) is 7.05. The highest BCUT2D eigenvalue weighted by Gasteiger charge is 2.32. The number of ether oxygens (including phenoxy) is 2. The Bertz CT molecular complexity index is 1070. The lowest BCUT2D eigenvalue weighted by Crippen LogP contribution is -2.33. The van der Waals surface area contributed by atoms with E-state index in [1.54, 1.807) is 4.58 Å². The molecule has 0 spiro atoms. The van der Waals surface area contributed by atoms with Crippen molar-refractivity contribution in [1.82, 2.24) is 15.3 Å². The minimum atomic E-state index is -5.04. The van der Waals surface area contributed by atoms with E-state index in [0.717, 1.165) is 37.5 Å². The normalized spacial score (nSPS) is 15.1. The van der Waals surface area contributed by atoms with Crippen molar-refractivity contribution in [3.63, 3.8) is 0 Å². The van der Waals surface area contributed by atoms with Crippen LogP contribution in [0.25, 0.3) is 0 Å². The number of H-pyrrole nitrogens is 1. The fourth-order valence-electron chi connectivity index (χ4n) is 3.22. The highest BCUT2D eigenvalue weighted by atomic mass is 19.4. The fraction of sp³-hybridized carbons (Fsp3) is 0.400. The maximum absolute atomic E-state index is 14.1. The van der Waals surface area contributed by atoms with Crippen molar-refractivity contribution >= 4 is 18.1 Å². The monoisotopic (exact) mass is 457 g/mol. The van der Waals surface area contributed by atoms with Crippen molar-refractivity contribution < 1.29 is 36.4 Å². The molecule has 1 amide bonds. The van der Waals surface area contributed by atoms with Gasteiger partial charge in [-0.1, -0.05) is 11.1 Å². The van der Waals surface area contributed by atoms with Gasteiger partial charge in [0.25, 0.3) is 5.91 Å². The SMILES string of the molecule is COC[C@@H](NC(=O)c1cc(=O)[nH]c([N+]2=CCCCC2)n1)c1ccc(OC(F)(F)F)c(F)c1. The molecule has 1 aromatic heterocycles. The van der Waals surface area contributed by atoms with Gasteiger partial charge in [-0.2, -0.15) is 0 Å². The van der Waals surface area contributed by atoms with Crippen LogP contribution in [0, 0.1) is 5.82 Å². The number of aromatic amines is 1. The van der Waals surface area contributed by atoms with E-state index in [2.05, 4.69) is 20.0 Å². The van der Waals surface area contributed by atoms with E-state index < -0.39 is 35.4 Å². The average Bonchev–Trinajstić information content (AvgIpc) is 2.74. The molecule has 8 nitrogen and oxygen atoms in total. The molecule has 0 radical (unpaired) electrons. The van der Waals surface area contributed by atoms with Crippen LogP contribution in [-0.4, -0.2) is 53.3 Å². The smallest absolute Gasteiger partial charge is 0.403 e. The Labute approximate surface area is 179 Å². The molecule has 0 bridgehead atoms. The molecule has 1 aromatic carbocycles. The van der Waals surface area contributed by atoms with E-state index in [0.29, 0.717) is 6.54 Å².